The summed E-state index contributed by atoms with van der Waals surface area (Å²) in [7, 11) is 1.22. The minimum absolute atomic E-state index is 0.0591. The Hall–Kier alpha value is -4.54. The van der Waals surface area contributed by atoms with Gasteiger partial charge in [0.05, 0.1) is 33.9 Å². The molecule has 0 fully saturated rings. The van der Waals surface area contributed by atoms with Crippen LogP contribution in [-0.2, 0) is 9.53 Å². The topological polar surface area (TPSA) is 113 Å². The number of methoxy groups -OCH3 is 1. The quantitative estimate of drug-likeness (QED) is 0.190. The zero-order chi connectivity index (χ0) is 27.7. The molecule has 0 spiro atoms. The monoisotopic (exact) mass is 561 g/mol. The second-order valence-electron chi connectivity index (χ2n) is 8.53. The molecule has 1 unspecified atom stereocenters. The van der Waals surface area contributed by atoms with Crippen molar-refractivity contribution in [2.75, 3.05) is 7.11 Å². The first kappa shape index (κ1) is 26.1. The van der Waals surface area contributed by atoms with Crippen molar-refractivity contribution >= 4 is 40.7 Å². The van der Waals surface area contributed by atoms with Crippen molar-refractivity contribution in [1.29, 1.82) is 0 Å². The maximum atomic E-state index is 13.7. The number of carbonyl (C=O) groups excluding carboxylic acids is 1. The molecule has 1 aliphatic rings. The van der Waals surface area contributed by atoms with E-state index in [0.29, 0.717) is 32.1 Å². The lowest BCUT2D eigenvalue weighted by molar-refractivity contribution is -0.384. The summed E-state index contributed by atoms with van der Waals surface area (Å²) >= 11 is 7.17. The Balaban J connectivity index is 1.60. The van der Waals surface area contributed by atoms with E-state index in [9.17, 15) is 19.7 Å². The van der Waals surface area contributed by atoms with Crippen LogP contribution in [0.5, 0.6) is 11.5 Å². The fourth-order valence-electron chi connectivity index (χ4n) is 4.26. The standard InChI is InChI=1S/C28H20ClN3O6S/c1-16-24(27(34)37-2)25(18-10-13-21(29)22(15-18)32(35)36)31-26(33)23(39-28(31)30-16)14-17-8-11-20(12-9-17)38-19-6-4-3-5-7-19/h3-15,25H,1-2H3. The molecule has 0 radical (unpaired) electrons. The highest BCUT2D eigenvalue weighted by Crippen LogP contribution is 2.34. The number of thiazole rings is 1. The van der Waals surface area contributed by atoms with E-state index in [0.717, 1.165) is 16.9 Å². The van der Waals surface area contributed by atoms with Gasteiger partial charge in [0.1, 0.15) is 16.5 Å². The second-order valence-corrected chi connectivity index (χ2v) is 9.94. The molecule has 1 atom stereocenters. The first-order valence-corrected chi connectivity index (χ1v) is 12.8. The number of rotatable bonds is 6. The third-order valence-electron chi connectivity index (χ3n) is 6.07. The Morgan fingerprint density at radius 2 is 1.79 bits per heavy atom. The zero-order valence-electron chi connectivity index (χ0n) is 20.7. The van der Waals surface area contributed by atoms with Crippen LogP contribution in [0.2, 0.25) is 5.02 Å². The molecule has 1 aliphatic heterocycles. The molecule has 0 amide bonds. The molecule has 39 heavy (non-hydrogen) atoms. The molecule has 2 heterocycles. The smallest absolute Gasteiger partial charge is 0.338 e. The van der Waals surface area contributed by atoms with Gasteiger partial charge in [-0.1, -0.05) is 59.3 Å². The van der Waals surface area contributed by atoms with Crippen LogP contribution in [0.3, 0.4) is 0 Å². The summed E-state index contributed by atoms with van der Waals surface area (Å²) in [4.78, 5) is 42.3. The number of para-hydroxylation sites is 1. The van der Waals surface area contributed by atoms with E-state index in [1.807, 2.05) is 42.5 Å². The summed E-state index contributed by atoms with van der Waals surface area (Å²) in [6.45, 7) is 1.63. The molecule has 196 valence electrons. The number of nitro benzene ring substituents is 1. The lowest BCUT2D eigenvalue weighted by Crippen LogP contribution is -2.39. The highest BCUT2D eigenvalue weighted by molar-refractivity contribution is 7.07. The van der Waals surface area contributed by atoms with E-state index >= 15 is 0 Å². The number of halogens is 1. The van der Waals surface area contributed by atoms with Gasteiger partial charge in [-0.3, -0.25) is 19.5 Å². The molecule has 3 aromatic carbocycles. The Kier molecular flexibility index (Phi) is 7.14. The molecular weight excluding hydrogens is 542 g/mol. The summed E-state index contributed by atoms with van der Waals surface area (Å²) in [6.07, 6.45) is 1.72. The van der Waals surface area contributed by atoms with E-state index in [4.69, 9.17) is 21.1 Å². The van der Waals surface area contributed by atoms with Gasteiger partial charge in [0, 0.05) is 6.07 Å². The van der Waals surface area contributed by atoms with Crippen molar-refractivity contribution in [2.24, 2.45) is 4.99 Å². The van der Waals surface area contributed by atoms with Crippen LogP contribution >= 0.6 is 22.9 Å². The average molecular weight is 562 g/mol. The minimum atomic E-state index is -0.992. The van der Waals surface area contributed by atoms with Gasteiger partial charge in [0.15, 0.2) is 4.80 Å². The number of allylic oxidation sites excluding steroid dienone is 1. The Morgan fingerprint density at radius 1 is 1.10 bits per heavy atom. The van der Waals surface area contributed by atoms with Crippen LogP contribution in [0.4, 0.5) is 5.69 Å². The number of carbonyl (C=O) groups is 1. The van der Waals surface area contributed by atoms with Crippen LogP contribution in [-0.4, -0.2) is 22.6 Å². The van der Waals surface area contributed by atoms with Gasteiger partial charge >= 0.3 is 5.97 Å². The number of fused-ring (bicyclic) bond motifs is 1. The lowest BCUT2D eigenvalue weighted by Gasteiger charge is -2.24. The number of benzene rings is 3. The second kappa shape index (κ2) is 10.7. The van der Waals surface area contributed by atoms with Crippen molar-refractivity contribution in [1.82, 2.24) is 4.57 Å². The van der Waals surface area contributed by atoms with Crippen LogP contribution in [0.15, 0.2) is 93.9 Å². The number of aromatic nitrogens is 1. The third-order valence-corrected chi connectivity index (χ3v) is 7.37. The summed E-state index contributed by atoms with van der Waals surface area (Å²) in [5.41, 5.74) is 0.794. The summed E-state index contributed by atoms with van der Waals surface area (Å²) < 4.78 is 12.5. The molecule has 0 N–H and O–H groups in total. The Labute approximate surface area is 230 Å². The largest absolute Gasteiger partial charge is 0.466 e. The molecule has 0 bridgehead atoms. The number of nitrogens with zero attached hydrogens (tertiary/aromatic N) is 3. The van der Waals surface area contributed by atoms with Gasteiger partial charge in [-0.05, 0) is 54.5 Å². The van der Waals surface area contributed by atoms with E-state index in [-0.39, 0.29) is 16.3 Å². The molecule has 9 nitrogen and oxygen atoms in total. The molecule has 4 aromatic rings. The van der Waals surface area contributed by atoms with Gasteiger partial charge in [-0.25, -0.2) is 9.79 Å². The van der Waals surface area contributed by atoms with Crippen LogP contribution < -0.4 is 19.6 Å². The lowest BCUT2D eigenvalue weighted by atomic mass is 9.95. The molecule has 5 rings (SSSR count). The number of ether oxygens (including phenoxy) is 2. The Morgan fingerprint density at radius 3 is 2.46 bits per heavy atom. The molecule has 0 aliphatic carbocycles. The highest BCUT2D eigenvalue weighted by atomic mass is 35.5. The van der Waals surface area contributed by atoms with Gasteiger partial charge in [-0.15, -0.1) is 0 Å². The van der Waals surface area contributed by atoms with Crippen LogP contribution in [0.25, 0.3) is 6.08 Å². The van der Waals surface area contributed by atoms with Gasteiger partial charge in [-0.2, -0.15) is 0 Å². The molecule has 11 heteroatoms. The average Bonchev–Trinajstić information content (AvgIpc) is 3.23. The molecule has 0 saturated heterocycles. The number of hydrogen-bond acceptors (Lipinski definition) is 8. The van der Waals surface area contributed by atoms with E-state index in [1.54, 1.807) is 31.2 Å². The first-order valence-electron chi connectivity index (χ1n) is 11.6. The fourth-order valence-corrected chi connectivity index (χ4v) is 5.49. The van der Waals surface area contributed by atoms with Crippen molar-refractivity contribution in [3.63, 3.8) is 0 Å². The highest BCUT2D eigenvalue weighted by Gasteiger charge is 2.34. The van der Waals surface area contributed by atoms with Crippen molar-refractivity contribution in [3.05, 3.63) is 130 Å². The number of esters is 1. The third kappa shape index (κ3) is 5.12. The molecule has 1 aromatic heterocycles. The normalized spacial score (nSPS) is 14.9. The summed E-state index contributed by atoms with van der Waals surface area (Å²) in [6, 6.07) is 19.8. The Bertz CT molecular complexity index is 1810. The summed E-state index contributed by atoms with van der Waals surface area (Å²) in [5.74, 6) is 0.655. The summed E-state index contributed by atoms with van der Waals surface area (Å²) in [5, 5.41) is 11.5. The maximum absolute atomic E-state index is 13.7. The van der Waals surface area contributed by atoms with E-state index < -0.39 is 22.5 Å². The van der Waals surface area contributed by atoms with E-state index in [2.05, 4.69) is 4.99 Å². The predicted octanol–water partition coefficient (Wildman–Crippen LogP) is 4.76. The van der Waals surface area contributed by atoms with Crippen molar-refractivity contribution in [2.45, 2.75) is 13.0 Å². The van der Waals surface area contributed by atoms with Crippen LogP contribution in [0, 0.1) is 10.1 Å². The minimum Gasteiger partial charge on any atom is -0.466 e. The van der Waals surface area contributed by atoms with Crippen LogP contribution in [0.1, 0.15) is 24.1 Å². The SMILES string of the molecule is COC(=O)C1=C(C)N=c2sc(=Cc3ccc(Oc4ccccc4)cc3)c(=O)n2C1c1ccc(Cl)c([N+](=O)[O-])c1. The maximum Gasteiger partial charge on any atom is 0.338 e. The molecular formula is C28H20ClN3O6S. The van der Waals surface area contributed by atoms with Crippen molar-refractivity contribution in [3.8, 4) is 11.5 Å². The first-order chi connectivity index (χ1) is 18.8. The fraction of sp³-hybridized carbons (Fsp3) is 0.107. The van der Waals surface area contributed by atoms with Gasteiger partial charge in [0.25, 0.3) is 11.2 Å². The predicted molar refractivity (Wildman–Crippen MR) is 147 cm³/mol. The van der Waals surface area contributed by atoms with Gasteiger partial charge in [0.2, 0.25) is 0 Å². The zero-order valence-corrected chi connectivity index (χ0v) is 22.2. The van der Waals surface area contributed by atoms with E-state index in [1.165, 1.54) is 23.8 Å². The number of nitro groups is 1. The molecule has 0 saturated carbocycles. The number of hydrogen-bond donors (Lipinski definition) is 0. The van der Waals surface area contributed by atoms with Crippen molar-refractivity contribution < 1.29 is 19.2 Å². The van der Waals surface area contributed by atoms with Gasteiger partial charge < -0.3 is 9.47 Å².